The third-order valence-electron chi connectivity index (χ3n) is 3.86. The third-order valence-corrected chi connectivity index (χ3v) is 5.01. The average Bonchev–Trinajstić information content (AvgIpc) is 3.11. The smallest absolute Gasteiger partial charge is 0.159 e. The van der Waals surface area contributed by atoms with Gasteiger partial charge in [0, 0.05) is 50.4 Å². The molecule has 3 rings (SSSR count). The van der Waals surface area contributed by atoms with Gasteiger partial charge in [-0.2, -0.15) is 5.10 Å². The number of thioether (sulfide) groups is 1. The molecule has 1 aromatic rings. The number of amidine groups is 1. The van der Waals surface area contributed by atoms with Gasteiger partial charge in [0.05, 0.1) is 19.2 Å². The van der Waals surface area contributed by atoms with Crippen LogP contribution in [0.25, 0.3) is 0 Å². The molecule has 6 nitrogen and oxygen atoms in total. The molecule has 2 atom stereocenters. The maximum atomic E-state index is 10.1. The molecule has 7 heteroatoms. The Morgan fingerprint density at radius 3 is 2.76 bits per heavy atom. The predicted octanol–water partition coefficient (Wildman–Crippen LogP) is 0.353. The quantitative estimate of drug-likeness (QED) is 0.870. The van der Waals surface area contributed by atoms with Gasteiger partial charge in [-0.05, 0) is 6.07 Å². The third kappa shape index (κ3) is 3.99. The SMILES string of the molecule is C[C@H]1CN=C(N2CCN(C[C@@H](O)Cn3cccn3)CC2)S1. The summed E-state index contributed by atoms with van der Waals surface area (Å²) in [5, 5.41) is 16.1. The minimum Gasteiger partial charge on any atom is -0.390 e. The number of aromatic nitrogens is 2. The number of piperazine rings is 1. The number of aliphatic imine (C=N–C) groups is 1. The summed E-state index contributed by atoms with van der Waals surface area (Å²) in [5.74, 6) is 0. The first-order chi connectivity index (χ1) is 10.2. The second-order valence-corrected chi connectivity index (χ2v) is 7.13. The van der Waals surface area contributed by atoms with Crippen molar-refractivity contribution in [2.24, 2.45) is 4.99 Å². The van der Waals surface area contributed by atoms with Gasteiger partial charge in [0.15, 0.2) is 5.17 Å². The molecule has 21 heavy (non-hydrogen) atoms. The van der Waals surface area contributed by atoms with E-state index in [2.05, 4.69) is 26.8 Å². The van der Waals surface area contributed by atoms with E-state index >= 15 is 0 Å². The molecular weight excluding hydrogens is 286 g/mol. The molecule has 0 unspecified atom stereocenters. The molecule has 1 fully saturated rings. The largest absolute Gasteiger partial charge is 0.390 e. The number of nitrogens with zero attached hydrogens (tertiary/aromatic N) is 5. The van der Waals surface area contributed by atoms with Crippen molar-refractivity contribution in [2.75, 3.05) is 39.3 Å². The number of hydrogen-bond donors (Lipinski definition) is 1. The van der Waals surface area contributed by atoms with Gasteiger partial charge in [-0.1, -0.05) is 18.7 Å². The summed E-state index contributed by atoms with van der Waals surface area (Å²) < 4.78 is 1.78. The molecule has 1 saturated heterocycles. The monoisotopic (exact) mass is 309 g/mol. The minimum absolute atomic E-state index is 0.366. The Balaban J connectivity index is 1.41. The van der Waals surface area contributed by atoms with Gasteiger partial charge in [-0.25, -0.2) is 0 Å². The van der Waals surface area contributed by atoms with Crippen molar-refractivity contribution in [3.8, 4) is 0 Å². The lowest BCUT2D eigenvalue weighted by molar-refractivity contribution is 0.0769. The normalized spacial score (nSPS) is 25.1. The maximum Gasteiger partial charge on any atom is 0.159 e. The molecule has 3 heterocycles. The van der Waals surface area contributed by atoms with E-state index in [0.717, 1.165) is 32.7 Å². The van der Waals surface area contributed by atoms with E-state index in [0.29, 0.717) is 18.3 Å². The fourth-order valence-corrected chi connectivity index (χ4v) is 3.73. The summed E-state index contributed by atoms with van der Waals surface area (Å²) in [6.07, 6.45) is 3.26. The molecule has 0 radical (unpaired) electrons. The van der Waals surface area contributed by atoms with E-state index in [9.17, 15) is 5.11 Å². The van der Waals surface area contributed by atoms with Crippen molar-refractivity contribution in [2.45, 2.75) is 24.8 Å². The molecule has 0 aromatic carbocycles. The Morgan fingerprint density at radius 2 is 2.14 bits per heavy atom. The van der Waals surface area contributed by atoms with Crippen molar-refractivity contribution in [1.82, 2.24) is 19.6 Å². The highest BCUT2D eigenvalue weighted by Gasteiger charge is 2.25. The molecule has 1 aromatic heterocycles. The van der Waals surface area contributed by atoms with Crippen LogP contribution < -0.4 is 0 Å². The van der Waals surface area contributed by atoms with Gasteiger partial charge >= 0.3 is 0 Å². The predicted molar refractivity (Wildman–Crippen MR) is 85.6 cm³/mol. The van der Waals surface area contributed by atoms with Crippen LogP contribution >= 0.6 is 11.8 Å². The minimum atomic E-state index is -0.366. The molecule has 0 spiro atoms. The van der Waals surface area contributed by atoms with Gasteiger partial charge in [-0.15, -0.1) is 0 Å². The summed E-state index contributed by atoms with van der Waals surface area (Å²) in [5.41, 5.74) is 0. The summed E-state index contributed by atoms with van der Waals surface area (Å²) in [7, 11) is 0. The molecule has 0 aliphatic carbocycles. The summed E-state index contributed by atoms with van der Waals surface area (Å²) in [4.78, 5) is 9.31. The molecule has 116 valence electrons. The standard InChI is InChI=1S/C14H23N5OS/c1-12-9-15-14(21-12)18-7-5-17(6-8-18)10-13(20)11-19-4-2-3-16-19/h2-4,12-13,20H,5-11H2,1H3/t12-,13+/m0/s1. The lowest BCUT2D eigenvalue weighted by Crippen LogP contribution is -2.50. The Hall–Kier alpha value is -1.05. The zero-order chi connectivity index (χ0) is 14.7. The van der Waals surface area contributed by atoms with Crippen LogP contribution in [0.1, 0.15) is 6.92 Å². The molecule has 2 aliphatic rings. The fraction of sp³-hybridized carbons (Fsp3) is 0.714. The molecule has 0 amide bonds. The van der Waals surface area contributed by atoms with Gasteiger partial charge in [0.2, 0.25) is 0 Å². The van der Waals surface area contributed by atoms with E-state index in [1.807, 2.05) is 24.0 Å². The van der Waals surface area contributed by atoms with Crippen LogP contribution in [-0.4, -0.2) is 80.5 Å². The summed E-state index contributed by atoms with van der Waals surface area (Å²) >= 11 is 1.89. The van der Waals surface area contributed by atoms with Crippen LogP contribution in [0.4, 0.5) is 0 Å². The molecule has 2 aliphatic heterocycles. The number of aliphatic hydroxyl groups is 1. The Labute approximate surface area is 129 Å². The van der Waals surface area contributed by atoms with Crippen LogP contribution in [0.5, 0.6) is 0 Å². The summed E-state index contributed by atoms with van der Waals surface area (Å²) in [6.45, 7) is 8.44. The van der Waals surface area contributed by atoms with E-state index in [-0.39, 0.29) is 6.10 Å². The topological polar surface area (TPSA) is 56.9 Å². The molecule has 0 saturated carbocycles. The Morgan fingerprint density at radius 1 is 1.33 bits per heavy atom. The number of rotatable bonds is 4. The lowest BCUT2D eigenvalue weighted by Gasteiger charge is -2.36. The number of hydrogen-bond acceptors (Lipinski definition) is 6. The van der Waals surface area contributed by atoms with E-state index in [1.54, 1.807) is 10.9 Å². The maximum absolute atomic E-state index is 10.1. The number of β-amino-alcohol motifs (C(OH)–C–C–N with tert-alkyl or cyclic N) is 1. The number of aliphatic hydroxyl groups excluding tert-OH is 1. The van der Waals surface area contributed by atoms with Crippen LogP contribution in [-0.2, 0) is 6.54 Å². The lowest BCUT2D eigenvalue weighted by atomic mass is 10.2. The Bertz CT molecular complexity index is 470. The van der Waals surface area contributed by atoms with E-state index in [1.165, 1.54) is 5.17 Å². The van der Waals surface area contributed by atoms with Crippen LogP contribution in [0, 0.1) is 0 Å². The van der Waals surface area contributed by atoms with Crippen LogP contribution in [0.3, 0.4) is 0 Å². The Kier molecular flexibility index (Phi) is 4.82. The second kappa shape index (κ2) is 6.81. The first-order valence-electron chi connectivity index (χ1n) is 7.54. The average molecular weight is 309 g/mol. The van der Waals surface area contributed by atoms with Gasteiger partial charge in [0.1, 0.15) is 0 Å². The molecule has 1 N–H and O–H groups in total. The van der Waals surface area contributed by atoms with Gasteiger partial charge < -0.3 is 10.0 Å². The van der Waals surface area contributed by atoms with Crippen molar-refractivity contribution >= 4 is 16.9 Å². The van der Waals surface area contributed by atoms with E-state index < -0.39 is 0 Å². The van der Waals surface area contributed by atoms with Gasteiger partial charge in [-0.3, -0.25) is 14.6 Å². The van der Waals surface area contributed by atoms with Crippen molar-refractivity contribution in [3.05, 3.63) is 18.5 Å². The van der Waals surface area contributed by atoms with Crippen LogP contribution in [0.15, 0.2) is 23.5 Å². The van der Waals surface area contributed by atoms with E-state index in [4.69, 9.17) is 0 Å². The first kappa shape index (κ1) is 14.9. The highest BCUT2D eigenvalue weighted by Crippen LogP contribution is 2.23. The van der Waals surface area contributed by atoms with Gasteiger partial charge in [0.25, 0.3) is 0 Å². The first-order valence-corrected chi connectivity index (χ1v) is 8.42. The zero-order valence-electron chi connectivity index (χ0n) is 12.4. The van der Waals surface area contributed by atoms with Crippen molar-refractivity contribution in [3.63, 3.8) is 0 Å². The fourth-order valence-electron chi connectivity index (χ4n) is 2.74. The molecular formula is C14H23N5OS. The van der Waals surface area contributed by atoms with Crippen molar-refractivity contribution < 1.29 is 5.11 Å². The zero-order valence-corrected chi connectivity index (χ0v) is 13.2. The summed E-state index contributed by atoms with van der Waals surface area (Å²) in [6, 6.07) is 1.88. The second-order valence-electron chi connectivity index (χ2n) is 5.72. The van der Waals surface area contributed by atoms with Crippen LogP contribution in [0.2, 0.25) is 0 Å². The highest BCUT2D eigenvalue weighted by atomic mass is 32.2. The molecule has 0 bridgehead atoms. The highest BCUT2D eigenvalue weighted by molar-refractivity contribution is 8.14. The van der Waals surface area contributed by atoms with Crippen molar-refractivity contribution in [1.29, 1.82) is 0 Å².